The van der Waals surface area contributed by atoms with Gasteiger partial charge >= 0.3 is 0 Å². The molecule has 4 heteroatoms. The van der Waals surface area contributed by atoms with Crippen LogP contribution in [-0.4, -0.2) is 0 Å². The first kappa shape index (κ1) is 13.1. The molecule has 2 nitrogen and oxygen atoms in total. The molecule has 0 aliphatic carbocycles. The second-order valence-electron chi connectivity index (χ2n) is 3.98. The molecule has 0 amide bonds. The first-order valence-corrected chi connectivity index (χ1v) is 6.32. The van der Waals surface area contributed by atoms with Crippen molar-refractivity contribution < 1.29 is 9.13 Å². The Bertz CT molecular complexity index is 572. The molecule has 0 radical (unpaired) electrons. The topological polar surface area (TPSA) is 35.2 Å². The van der Waals surface area contributed by atoms with Gasteiger partial charge in [-0.2, -0.15) is 0 Å². The van der Waals surface area contributed by atoms with E-state index in [-0.39, 0.29) is 5.82 Å². The fourth-order valence-electron chi connectivity index (χ4n) is 1.60. The van der Waals surface area contributed by atoms with Crippen LogP contribution in [0.1, 0.15) is 11.1 Å². The minimum Gasteiger partial charge on any atom is -0.456 e. The highest BCUT2D eigenvalue weighted by Crippen LogP contribution is 2.32. The number of hydrogen-bond acceptors (Lipinski definition) is 2. The van der Waals surface area contributed by atoms with Crippen molar-refractivity contribution in [3.8, 4) is 11.5 Å². The van der Waals surface area contributed by atoms with Gasteiger partial charge in [-0.15, -0.1) is 0 Å². The minimum atomic E-state index is -0.266. The molecule has 2 aromatic rings. The van der Waals surface area contributed by atoms with Crippen LogP contribution in [0.3, 0.4) is 0 Å². The molecule has 2 rings (SSSR count). The van der Waals surface area contributed by atoms with Crippen molar-refractivity contribution in [1.29, 1.82) is 0 Å². The average Bonchev–Trinajstić information content (AvgIpc) is 2.34. The third-order valence-corrected chi connectivity index (χ3v) is 3.21. The lowest BCUT2D eigenvalue weighted by Gasteiger charge is -2.11. The zero-order valence-electron chi connectivity index (χ0n) is 9.91. The maximum Gasteiger partial charge on any atom is 0.141 e. The first-order chi connectivity index (χ1) is 8.60. The van der Waals surface area contributed by atoms with Gasteiger partial charge in [0.1, 0.15) is 17.3 Å². The van der Waals surface area contributed by atoms with Crippen molar-refractivity contribution in [3.63, 3.8) is 0 Å². The number of halogens is 2. The Morgan fingerprint density at radius 1 is 1.17 bits per heavy atom. The van der Waals surface area contributed by atoms with Crippen LogP contribution in [0.5, 0.6) is 11.5 Å². The van der Waals surface area contributed by atoms with Crippen molar-refractivity contribution in [3.05, 3.63) is 57.8 Å². The summed E-state index contributed by atoms with van der Waals surface area (Å²) in [5, 5.41) is 0. The summed E-state index contributed by atoms with van der Waals surface area (Å²) in [4.78, 5) is 0. The second-order valence-corrected chi connectivity index (χ2v) is 4.84. The molecule has 0 saturated heterocycles. The molecule has 94 valence electrons. The molecule has 0 aliphatic heterocycles. The Morgan fingerprint density at radius 3 is 2.50 bits per heavy atom. The van der Waals surface area contributed by atoms with Crippen molar-refractivity contribution in [1.82, 2.24) is 0 Å². The van der Waals surface area contributed by atoms with Crippen molar-refractivity contribution >= 4 is 15.9 Å². The van der Waals surface area contributed by atoms with Crippen LogP contribution in [0.25, 0.3) is 0 Å². The normalized spacial score (nSPS) is 10.4. The van der Waals surface area contributed by atoms with E-state index >= 15 is 0 Å². The lowest BCUT2D eigenvalue weighted by Crippen LogP contribution is -1.96. The molecule has 0 heterocycles. The van der Waals surface area contributed by atoms with Gasteiger partial charge in [-0.3, -0.25) is 0 Å². The van der Waals surface area contributed by atoms with E-state index in [9.17, 15) is 4.39 Å². The molecular weight excluding hydrogens is 297 g/mol. The first-order valence-electron chi connectivity index (χ1n) is 5.52. The second kappa shape index (κ2) is 5.50. The molecule has 0 spiro atoms. The standard InChI is InChI=1S/C14H13BrFNO/c1-9-6-11(16)3-5-13(9)18-14-4-2-10(8-17)7-12(14)15/h2-7H,8,17H2,1H3. The Kier molecular flexibility index (Phi) is 3.99. The van der Waals surface area contributed by atoms with E-state index in [1.165, 1.54) is 12.1 Å². The van der Waals surface area contributed by atoms with E-state index in [0.29, 0.717) is 18.0 Å². The third-order valence-electron chi connectivity index (χ3n) is 2.59. The van der Waals surface area contributed by atoms with Crippen molar-refractivity contribution in [2.45, 2.75) is 13.5 Å². The average molecular weight is 310 g/mol. The molecule has 0 fully saturated rings. The van der Waals surface area contributed by atoms with Crippen LogP contribution in [0.15, 0.2) is 40.9 Å². The number of aryl methyl sites for hydroxylation is 1. The molecular formula is C14H13BrFNO. The Morgan fingerprint density at radius 2 is 1.89 bits per heavy atom. The molecule has 2 aromatic carbocycles. The molecule has 0 bridgehead atoms. The van der Waals surface area contributed by atoms with E-state index in [2.05, 4.69) is 15.9 Å². The maximum absolute atomic E-state index is 13.0. The summed E-state index contributed by atoms with van der Waals surface area (Å²) in [6.07, 6.45) is 0. The number of rotatable bonds is 3. The Hall–Kier alpha value is -1.39. The predicted molar refractivity (Wildman–Crippen MR) is 73.2 cm³/mol. The van der Waals surface area contributed by atoms with Gasteiger partial charge in [0.15, 0.2) is 0 Å². The maximum atomic E-state index is 13.0. The summed E-state index contributed by atoms with van der Waals surface area (Å²) in [7, 11) is 0. The summed E-state index contributed by atoms with van der Waals surface area (Å²) in [5.74, 6) is 1.05. The van der Waals surface area contributed by atoms with Gasteiger partial charge in [-0.25, -0.2) is 4.39 Å². The highest BCUT2D eigenvalue weighted by molar-refractivity contribution is 9.10. The predicted octanol–water partition coefficient (Wildman–Crippen LogP) is 4.15. The van der Waals surface area contributed by atoms with Gasteiger partial charge in [-0.1, -0.05) is 6.07 Å². The van der Waals surface area contributed by atoms with Crippen LogP contribution in [-0.2, 0) is 6.54 Å². The Balaban J connectivity index is 2.28. The summed E-state index contributed by atoms with van der Waals surface area (Å²) in [6.45, 7) is 2.29. The quantitative estimate of drug-likeness (QED) is 0.924. The van der Waals surface area contributed by atoms with E-state index in [1.54, 1.807) is 13.0 Å². The monoisotopic (exact) mass is 309 g/mol. The van der Waals surface area contributed by atoms with Gasteiger partial charge in [0, 0.05) is 6.54 Å². The minimum absolute atomic E-state index is 0.266. The van der Waals surface area contributed by atoms with Crippen LogP contribution >= 0.6 is 15.9 Å². The van der Waals surface area contributed by atoms with E-state index in [0.717, 1.165) is 15.6 Å². The molecule has 0 atom stereocenters. The van der Waals surface area contributed by atoms with Crippen molar-refractivity contribution in [2.75, 3.05) is 0 Å². The molecule has 0 aliphatic rings. The fourth-order valence-corrected chi connectivity index (χ4v) is 2.11. The van der Waals surface area contributed by atoms with Crippen LogP contribution in [0.2, 0.25) is 0 Å². The number of hydrogen-bond donors (Lipinski definition) is 1. The van der Waals surface area contributed by atoms with E-state index < -0.39 is 0 Å². The summed E-state index contributed by atoms with van der Waals surface area (Å²) in [5.41, 5.74) is 7.33. The van der Waals surface area contributed by atoms with Gasteiger partial charge in [-0.05, 0) is 64.3 Å². The van der Waals surface area contributed by atoms with Crippen LogP contribution in [0.4, 0.5) is 4.39 Å². The molecule has 18 heavy (non-hydrogen) atoms. The van der Waals surface area contributed by atoms with Crippen LogP contribution < -0.4 is 10.5 Å². The van der Waals surface area contributed by atoms with Gasteiger partial charge in [0.2, 0.25) is 0 Å². The zero-order valence-corrected chi connectivity index (χ0v) is 11.5. The summed E-state index contributed by atoms with van der Waals surface area (Å²) >= 11 is 3.43. The third kappa shape index (κ3) is 2.89. The number of benzene rings is 2. The lowest BCUT2D eigenvalue weighted by molar-refractivity contribution is 0.473. The highest BCUT2D eigenvalue weighted by atomic mass is 79.9. The molecule has 2 N–H and O–H groups in total. The SMILES string of the molecule is Cc1cc(F)ccc1Oc1ccc(CN)cc1Br. The smallest absolute Gasteiger partial charge is 0.141 e. The van der Waals surface area contributed by atoms with Gasteiger partial charge in [0.25, 0.3) is 0 Å². The molecule has 0 aromatic heterocycles. The largest absolute Gasteiger partial charge is 0.456 e. The molecule has 0 saturated carbocycles. The summed E-state index contributed by atoms with van der Waals surface area (Å²) in [6, 6.07) is 10.1. The van der Waals surface area contributed by atoms with Crippen LogP contribution in [0, 0.1) is 12.7 Å². The van der Waals surface area contributed by atoms with E-state index in [1.807, 2.05) is 18.2 Å². The number of nitrogens with two attached hydrogens (primary N) is 1. The van der Waals surface area contributed by atoms with Gasteiger partial charge in [0.05, 0.1) is 4.47 Å². The lowest BCUT2D eigenvalue weighted by atomic mass is 10.2. The number of ether oxygens (including phenoxy) is 1. The molecule has 0 unspecified atom stereocenters. The van der Waals surface area contributed by atoms with E-state index in [4.69, 9.17) is 10.5 Å². The summed E-state index contributed by atoms with van der Waals surface area (Å²) < 4.78 is 19.6. The Labute approximate surface area is 114 Å². The highest BCUT2D eigenvalue weighted by Gasteiger charge is 2.06. The zero-order chi connectivity index (χ0) is 13.1. The van der Waals surface area contributed by atoms with Gasteiger partial charge < -0.3 is 10.5 Å². The fraction of sp³-hybridized carbons (Fsp3) is 0.143. The van der Waals surface area contributed by atoms with Crippen molar-refractivity contribution in [2.24, 2.45) is 5.73 Å².